The van der Waals surface area contributed by atoms with Crippen molar-refractivity contribution >= 4 is 5.97 Å². The van der Waals surface area contributed by atoms with Crippen LogP contribution >= 0.6 is 0 Å². The van der Waals surface area contributed by atoms with Gasteiger partial charge in [0.05, 0.1) is 5.56 Å². The summed E-state index contributed by atoms with van der Waals surface area (Å²) in [5.74, 6) is 1.72. The fourth-order valence-electron chi connectivity index (χ4n) is 2.55. The Morgan fingerprint density at radius 2 is 1.95 bits per heavy atom. The van der Waals surface area contributed by atoms with Crippen molar-refractivity contribution in [3.63, 3.8) is 0 Å². The average molecular weight is 258 g/mol. The molecule has 102 valence electrons. The first-order chi connectivity index (χ1) is 9.08. The van der Waals surface area contributed by atoms with E-state index in [1.54, 1.807) is 12.1 Å². The van der Waals surface area contributed by atoms with Gasteiger partial charge in [0, 0.05) is 6.42 Å². The summed E-state index contributed by atoms with van der Waals surface area (Å²) in [7, 11) is 0. The first-order valence-corrected chi connectivity index (χ1v) is 7.07. The van der Waals surface area contributed by atoms with E-state index in [0.29, 0.717) is 17.4 Å². The van der Waals surface area contributed by atoms with E-state index >= 15 is 0 Å². The topological polar surface area (TPSA) is 26.3 Å². The summed E-state index contributed by atoms with van der Waals surface area (Å²) in [5.41, 5.74) is 1.93. The number of rotatable bonds is 3. The summed E-state index contributed by atoms with van der Waals surface area (Å²) in [4.78, 5) is 12.1. The van der Waals surface area contributed by atoms with Crippen LogP contribution < -0.4 is 0 Å². The second kappa shape index (κ2) is 6.05. The lowest BCUT2D eigenvalue weighted by atomic mass is 9.84. The van der Waals surface area contributed by atoms with Gasteiger partial charge in [-0.3, -0.25) is 0 Å². The van der Waals surface area contributed by atoms with E-state index in [-0.39, 0.29) is 5.97 Å². The van der Waals surface area contributed by atoms with Gasteiger partial charge < -0.3 is 4.74 Å². The van der Waals surface area contributed by atoms with Crippen molar-refractivity contribution in [1.82, 2.24) is 0 Å². The number of hydrogen-bond acceptors (Lipinski definition) is 2. The summed E-state index contributed by atoms with van der Waals surface area (Å²) < 4.78 is 5.66. The minimum absolute atomic E-state index is 0.233. The van der Waals surface area contributed by atoms with Crippen LogP contribution in [-0.2, 0) is 4.74 Å². The molecule has 0 bridgehead atoms. The fourth-order valence-corrected chi connectivity index (χ4v) is 2.55. The van der Waals surface area contributed by atoms with Gasteiger partial charge >= 0.3 is 5.97 Å². The molecule has 2 heteroatoms. The quantitative estimate of drug-likeness (QED) is 0.742. The smallest absolute Gasteiger partial charge is 0.343 e. The van der Waals surface area contributed by atoms with Gasteiger partial charge in [-0.15, -0.1) is 0 Å². The number of esters is 1. The highest BCUT2D eigenvalue weighted by molar-refractivity contribution is 5.90. The molecular formula is C17H22O2. The lowest BCUT2D eigenvalue weighted by Crippen LogP contribution is -2.16. The SMILES string of the molecule is CC(C)C1=C(OC(=O)c2ccccc2)C[C@H](C)CC1. The van der Waals surface area contributed by atoms with E-state index in [4.69, 9.17) is 4.74 Å². The zero-order chi connectivity index (χ0) is 13.8. The van der Waals surface area contributed by atoms with Crippen LogP contribution in [0.25, 0.3) is 0 Å². The average Bonchev–Trinajstić information content (AvgIpc) is 2.39. The zero-order valence-corrected chi connectivity index (χ0v) is 12.0. The molecule has 0 saturated carbocycles. The molecule has 0 unspecified atom stereocenters. The molecule has 0 spiro atoms. The molecule has 2 rings (SSSR count). The molecule has 0 fully saturated rings. The normalized spacial score (nSPS) is 19.7. The van der Waals surface area contributed by atoms with E-state index in [1.807, 2.05) is 18.2 Å². The first kappa shape index (κ1) is 13.9. The number of benzene rings is 1. The monoisotopic (exact) mass is 258 g/mol. The van der Waals surface area contributed by atoms with Crippen molar-refractivity contribution in [2.24, 2.45) is 11.8 Å². The number of ether oxygens (including phenoxy) is 1. The van der Waals surface area contributed by atoms with Crippen molar-refractivity contribution in [3.8, 4) is 0 Å². The predicted octanol–water partition coefficient (Wildman–Crippen LogP) is 4.57. The molecule has 1 aliphatic rings. The summed E-state index contributed by atoms with van der Waals surface area (Å²) in [6.45, 7) is 6.55. The summed E-state index contributed by atoms with van der Waals surface area (Å²) >= 11 is 0. The highest BCUT2D eigenvalue weighted by Gasteiger charge is 2.23. The van der Waals surface area contributed by atoms with Gasteiger partial charge in [0.25, 0.3) is 0 Å². The summed E-state index contributed by atoms with van der Waals surface area (Å²) in [5, 5.41) is 0. The Kier molecular flexibility index (Phi) is 4.41. The minimum Gasteiger partial charge on any atom is -0.428 e. The Morgan fingerprint density at radius 3 is 2.58 bits per heavy atom. The molecule has 0 radical (unpaired) electrons. The van der Waals surface area contributed by atoms with Crippen molar-refractivity contribution in [2.75, 3.05) is 0 Å². The van der Waals surface area contributed by atoms with Gasteiger partial charge in [0.2, 0.25) is 0 Å². The van der Waals surface area contributed by atoms with Gasteiger partial charge in [-0.25, -0.2) is 4.79 Å². The highest BCUT2D eigenvalue weighted by Crippen LogP contribution is 2.34. The van der Waals surface area contributed by atoms with E-state index in [0.717, 1.165) is 18.6 Å². The van der Waals surface area contributed by atoms with Crippen LogP contribution in [0.5, 0.6) is 0 Å². The largest absolute Gasteiger partial charge is 0.428 e. The third-order valence-corrected chi connectivity index (χ3v) is 3.72. The van der Waals surface area contributed by atoms with Crippen molar-refractivity contribution in [2.45, 2.75) is 40.0 Å². The van der Waals surface area contributed by atoms with E-state index in [1.165, 1.54) is 12.0 Å². The summed E-state index contributed by atoms with van der Waals surface area (Å²) in [6.07, 6.45) is 3.13. The van der Waals surface area contributed by atoms with Crippen LogP contribution in [0, 0.1) is 11.8 Å². The Hall–Kier alpha value is -1.57. The number of carbonyl (C=O) groups excluding carboxylic acids is 1. The molecule has 0 heterocycles. The van der Waals surface area contributed by atoms with E-state index in [9.17, 15) is 4.79 Å². The first-order valence-electron chi connectivity index (χ1n) is 7.07. The minimum atomic E-state index is -0.233. The molecule has 0 aliphatic heterocycles. The maximum absolute atomic E-state index is 12.1. The third kappa shape index (κ3) is 3.46. The summed E-state index contributed by atoms with van der Waals surface area (Å²) in [6, 6.07) is 9.21. The molecule has 0 aromatic heterocycles. The predicted molar refractivity (Wildman–Crippen MR) is 76.7 cm³/mol. The van der Waals surface area contributed by atoms with Crippen LogP contribution in [0.15, 0.2) is 41.7 Å². The Bertz CT molecular complexity index is 471. The van der Waals surface area contributed by atoms with Crippen molar-refractivity contribution < 1.29 is 9.53 Å². The van der Waals surface area contributed by atoms with Crippen LogP contribution in [0.2, 0.25) is 0 Å². The van der Waals surface area contributed by atoms with Gasteiger partial charge in [-0.05, 0) is 42.4 Å². The lowest BCUT2D eigenvalue weighted by Gasteiger charge is -2.26. The maximum Gasteiger partial charge on any atom is 0.343 e. The molecule has 1 aliphatic carbocycles. The maximum atomic E-state index is 12.1. The Labute approximate surface area is 115 Å². The van der Waals surface area contributed by atoms with Crippen LogP contribution in [0.4, 0.5) is 0 Å². The van der Waals surface area contributed by atoms with Gasteiger partial charge in [-0.1, -0.05) is 39.0 Å². The van der Waals surface area contributed by atoms with Crippen molar-refractivity contribution in [1.29, 1.82) is 0 Å². The number of hydrogen-bond donors (Lipinski definition) is 0. The molecule has 0 N–H and O–H groups in total. The van der Waals surface area contributed by atoms with Gasteiger partial charge in [0.1, 0.15) is 5.76 Å². The highest BCUT2D eigenvalue weighted by atomic mass is 16.5. The molecule has 1 aromatic rings. The Balaban J connectivity index is 2.17. The lowest BCUT2D eigenvalue weighted by molar-refractivity contribution is 0.0591. The van der Waals surface area contributed by atoms with Crippen molar-refractivity contribution in [3.05, 3.63) is 47.2 Å². The van der Waals surface area contributed by atoms with E-state index in [2.05, 4.69) is 20.8 Å². The molecule has 1 aromatic carbocycles. The van der Waals surface area contributed by atoms with Crippen LogP contribution in [-0.4, -0.2) is 5.97 Å². The zero-order valence-electron chi connectivity index (χ0n) is 12.0. The van der Waals surface area contributed by atoms with Crippen LogP contribution in [0.1, 0.15) is 50.4 Å². The third-order valence-electron chi connectivity index (χ3n) is 3.72. The molecule has 19 heavy (non-hydrogen) atoms. The molecule has 0 amide bonds. The fraction of sp³-hybridized carbons (Fsp3) is 0.471. The van der Waals surface area contributed by atoms with Gasteiger partial charge in [0.15, 0.2) is 0 Å². The second-order valence-corrected chi connectivity index (χ2v) is 5.71. The molecule has 1 atom stereocenters. The second-order valence-electron chi connectivity index (χ2n) is 5.71. The molecule has 0 saturated heterocycles. The number of carbonyl (C=O) groups is 1. The Morgan fingerprint density at radius 1 is 1.26 bits per heavy atom. The van der Waals surface area contributed by atoms with Crippen LogP contribution in [0.3, 0.4) is 0 Å². The van der Waals surface area contributed by atoms with Gasteiger partial charge in [-0.2, -0.15) is 0 Å². The van der Waals surface area contributed by atoms with E-state index < -0.39 is 0 Å². The molecular weight excluding hydrogens is 236 g/mol. The standard InChI is InChI=1S/C17H22O2/c1-12(2)15-10-9-13(3)11-16(15)19-17(18)14-7-5-4-6-8-14/h4-8,12-13H,9-11H2,1-3H3/t13-/m1/s1. The molecule has 2 nitrogen and oxygen atoms in total. The number of allylic oxidation sites excluding steroid dienone is 2.